The van der Waals surface area contributed by atoms with Gasteiger partial charge in [0.05, 0.1) is 4.99 Å². The molecule has 0 amide bonds. The summed E-state index contributed by atoms with van der Waals surface area (Å²) >= 11 is 4.59. The predicted molar refractivity (Wildman–Crippen MR) is 56.6 cm³/mol. The van der Waals surface area contributed by atoms with Crippen LogP contribution in [-0.4, -0.2) is 26.5 Å². The summed E-state index contributed by atoms with van der Waals surface area (Å²) in [5.74, 6) is 0. The number of nitrogens with two attached hydrogens (primary N) is 1. The quantitative estimate of drug-likeness (QED) is 0.510. The van der Waals surface area contributed by atoms with Crippen LogP contribution in [-0.2, 0) is 10.2 Å². The Hall–Kier alpha value is -0.240. The Kier molecular flexibility index (Phi) is 6.13. The lowest BCUT2D eigenvalue weighted by atomic mass is 10.4. The van der Waals surface area contributed by atoms with E-state index in [0.717, 1.165) is 6.42 Å². The molecule has 0 aliphatic rings. The highest BCUT2D eigenvalue weighted by Crippen LogP contribution is 1.82. The SMILES string of the molecule is CCCNS(=O)(=O)NCCC(N)=S. The molecule has 0 saturated heterocycles. The predicted octanol–water partition coefficient (Wildman–Crippen LogP) is -0.503. The van der Waals surface area contributed by atoms with E-state index < -0.39 is 10.2 Å². The van der Waals surface area contributed by atoms with Crippen molar-refractivity contribution in [1.82, 2.24) is 9.44 Å². The first kappa shape index (κ1) is 12.8. The monoisotopic (exact) mass is 225 g/mol. The molecule has 0 aromatic rings. The fourth-order valence-corrected chi connectivity index (χ4v) is 1.64. The second-order valence-corrected chi connectivity index (χ2v) is 4.62. The van der Waals surface area contributed by atoms with Crippen LogP contribution in [0.3, 0.4) is 0 Å². The normalized spacial score (nSPS) is 11.5. The van der Waals surface area contributed by atoms with Crippen molar-refractivity contribution in [2.75, 3.05) is 13.1 Å². The smallest absolute Gasteiger partial charge is 0.276 e. The second-order valence-electron chi connectivity index (χ2n) is 2.51. The molecular formula is C6H15N3O2S2. The Balaban J connectivity index is 3.70. The van der Waals surface area contributed by atoms with E-state index in [9.17, 15) is 8.42 Å². The summed E-state index contributed by atoms with van der Waals surface area (Å²) in [6.45, 7) is 2.56. The molecule has 78 valence electrons. The van der Waals surface area contributed by atoms with Crippen molar-refractivity contribution in [1.29, 1.82) is 0 Å². The minimum Gasteiger partial charge on any atom is -0.393 e. The van der Waals surface area contributed by atoms with Gasteiger partial charge in [0.15, 0.2) is 0 Å². The van der Waals surface area contributed by atoms with Crippen LogP contribution in [0.15, 0.2) is 0 Å². The highest BCUT2D eigenvalue weighted by molar-refractivity contribution is 7.87. The van der Waals surface area contributed by atoms with E-state index in [1.807, 2.05) is 6.92 Å². The van der Waals surface area contributed by atoms with Gasteiger partial charge < -0.3 is 5.73 Å². The van der Waals surface area contributed by atoms with Crippen molar-refractivity contribution in [3.63, 3.8) is 0 Å². The standard InChI is InChI=1S/C6H15N3O2S2/c1-2-4-8-13(10,11)9-5-3-6(7)12/h8-9H,2-5H2,1H3,(H2,7,12). The molecule has 0 radical (unpaired) electrons. The molecule has 0 bridgehead atoms. The molecule has 7 heteroatoms. The van der Waals surface area contributed by atoms with Crippen LogP contribution in [0.1, 0.15) is 19.8 Å². The first-order valence-corrected chi connectivity index (χ1v) is 5.89. The van der Waals surface area contributed by atoms with Crippen molar-refractivity contribution < 1.29 is 8.42 Å². The van der Waals surface area contributed by atoms with Crippen LogP contribution < -0.4 is 15.2 Å². The molecule has 0 unspecified atom stereocenters. The van der Waals surface area contributed by atoms with Gasteiger partial charge in [-0.25, -0.2) is 9.44 Å². The van der Waals surface area contributed by atoms with Crippen molar-refractivity contribution in [2.45, 2.75) is 19.8 Å². The molecule has 0 rings (SSSR count). The third-order valence-corrected chi connectivity index (χ3v) is 2.58. The molecule has 4 N–H and O–H groups in total. The zero-order valence-electron chi connectivity index (χ0n) is 7.54. The van der Waals surface area contributed by atoms with E-state index in [-0.39, 0.29) is 6.54 Å². The number of nitrogens with one attached hydrogen (secondary N) is 2. The molecule has 5 nitrogen and oxygen atoms in total. The fourth-order valence-electron chi connectivity index (χ4n) is 0.596. The molecule has 0 aromatic carbocycles. The molecule has 13 heavy (non-hydrogen) atoms. The molecule has 0 fully saturated rings. The Morgan fingerprint density at radius 1 is 1.38 bits per heavy atom. The van der Waals surface area contributed by atoms with Gasteiger partial charge in [0.25, 0.3) is 10.2 Å². The summed E-state index contributed by atoms with van der Waals surface area (Å²) in [6, 6.07) is 0. The van der Waals surface area contributed by atoms with Crippen LogP contribution in [0.5, 0.6) is 0 Å². The first-order chi connectivity index (χ1) is 5.98. The van der Waals surface area contributed by atoms with Gasteiger partial charge in [-0.1, -0.05) is 19.1 Å². The van der Waals surface area contributed by atoms with E-state index in [4.69, 9.17) is 5.73 Å². The molecule has 0 atom stereocenters. The van der Waals surface area contributed by atoms with E-state index in [2.05, 4.69) is 21.7 Å². The zero-order chi connectivity index (χ0) is 10.3. The zero-order valence-corrected chi connectivity index (χ0v) is 9.17. The average molecular weight is 225 g/mol. The van der Waals surface area contributed by atoms with E-state index in [0.29, 0.717) is 18.0 Å². The maximum absolute atomic E-state index is 11.1. The number of hydrogen-bond acceptors (Lipinski definition) is 3. The van der Waals surface area contributed by atoms with Crippen LogP contribution in [0.2, 0.25) is 0 Å². The lowest BCUT2D eigenvalue weighted by Crippen LogP contribution is -2.38. The molecule has 0 aliphatic carbocycles. The van der Waals surface area contributed by atoms with E-state index in [1.165, 1.54) is 0 Å². The molecule has 0 aromatic heterocycles. The van der Waals surface area contributed by atoms with Crippen molar-refractivity contribution >= 4 is 27.4 Å². The van der Waals surface area contributed by atoms with Gasteiger partial charge in [0.1, 0.15) is 0 Å². The van der Waals surface area contributed by atoms with E-state index >= 15 is 0 Å². The summed E-state index contributed by atoms with van der Waals surface area (Å²) in [4.78, 5) is 0.304. The van der Waals surface area contributed by atoms with Crippen LogP contribution in [0, 0.1) is 0 Å². The molecule has 0 spiro atoms. The van der Waals surface area contributed by atoms with Gasteiger partial charge >= 0.3 is 0 Å². The van der Waals surface area contributed by atoms with Gasteiger partial charge in [-0.15, -0.1) is 0 Å². The number of rotatable bonds is 7. The van der Waals surface area contributed by atoms with Gasteiger partial charge in [-0.05, 0) is 6.42 Å². The molecule has 0 aliphatic heterocycles. The van der Waals surface area contributed by atoms with Crippen LogP contribution in [0.4, 0.5) is 0 Å². The average Bonchev–Trinajstić information content (AvgIpc) is 2.00. The Morgan fingerprint density at radius 3 is 2.38 bits per heavy atom. The van der Waals surface area contributed by atoms with Crippen LogP contribution >= 0.6 is 12.2 Å². The van der Waals surface area contributed by atoms with Crippen LogP contribution in [0.25, 0.3) is 0 Å². The fraction of sp³-hybridized carbons (Fsp3) is 0.833. The lowest BCUT2D eigenvalue weighted by Gasteiger charge is -2.06. The van der Waals surface area contributed by atoms with Gasteiger partial charge in [0.2, 0.25) is 0 Å². The maximum atomic E-state index is 11.1. The Labute approximate surface area is 84.3 Å². The minimum absolute atomic E-state index is 0.244. The maximum Gasteiger partial charge on any atom is 0.276 e. The van der Waals surface area contributed by atoms with Crippen molar-refractivity contribution in [3.8, 4) is 0 Å². The number of thiocarbonyl (C=S) groups is 1. The Bertz CT molecular complexity index is 251. The first-order valence-electron chi connectivity index (χ1n) is 4.00. The van der Waals surface area contributed by atoms with Gasteiger partial charge in [0, 0.05) is 19.5 Å². The lowest BCUT2D eigenvalue weighted by molar-refractivity contribution is 0.567. The van der Waals surface area contributed by atoms with E-state index in [1.54, 1.807) is 0 Å². The molecule has 0 heterocycles. The summed E-state index contributed by atoms with van der Waals surface area (Å²) in [5.41, 5.74) is 5.20. The largest absolute Gasteiger partial charge is 0.393 e. The highest BCUT2D eigenvalue weighted by Gasteiger charge is 2.06. The second kappa shape index (κ2) is 6.25. The molecule has 0 saturated carbocycles. The van der Waals surface area contributed by atoms with Crippen molar-refractivity contribution in [3.05, 3.63) is 0 Å². The minimum atomic E-state index is -3.35. The summed E-state index contributed by atoms with van der Waals surface area (Å²) < 4.78 is 26.8. The number of hydrogen-bond donors (Lipinski definition) is 3. The third kappa shape index (κ3) is 8.10. The topological polar surface area (TPSA) is 84.2 Å². The summed E-state index contributed by atoms with van der Waals surface area (Å²) in [6.07, 6.45) is 1.14. The summed E-state index contributed by atoms with van der Waals surface area (Å²) in [5, 5.41) is 0. The van der Waals surface area contributed by atoms with Crippen molar-refractivity contribution in [2.24, 2.45) is 5.73 Å². The summed E-state index contributed by atoms with van der Waals surface area (Å²) in [7, 11) is -3.35. The molecular weight excluding hydrogens is 210 g/mol. The van der Waals surface area contributed by atoms with Gasteiger partial charge in [-0.3, -0.25) is 0 Å². The van der Waals surface area contributed by atoms with Gasteiger partial charge in [-0.2, -0.15) is 8.42 Å². The Morgan fingerprint density at radius 2 is 1.92 bits per heavy atom. The highest BCUT2D eigenvalue weighted by atomic mass is 32.2. The third-order valence-electron chi connectivity index (χ3n) is 1.21.